The van der Waals surface area contributed by atoms with E-state index in [-0.39, 0.29) is 5.75 Å². The standard InChI is InChI=1S/C23H20N4O5/c1-32-16-9-6-14(7-10-16)25-26-15-8-11-20(28)18(12-15)22-24-19-5-3-2-4-17(19)23(31)27(22)13-21(29)30/h2-12,22,24,28H,13H2,1H3,(H,29,30). The number of para-hydroxylation sites is 1. The molecule has 0 saturated heterocycles. The van der Waals surface area contributed by atoms with Crippen LogP contribution in [0.5, 0.6) is 11.5 Å². The number of fused-ring (bicyclic) bond motifs is 1. The van der Waals surface area contributed by atoms with E-state index >= 15 is 0 Å². The number of phenols is 1. The van der Waals surface area contributed by atoms with Crippen molar-refractivity contribution in [3.8, 4) is 11.5 Å². The number of nitrogens with zero attached hydrogens (tertiary/aromatic N) is 3. The van der Waals surface area contributed by atoms with Crippen LogP contribution in [0.4, 0.5) is 17.1 Å². The summed E-state index contributed by atoms with van der Waals surface area (Å²) in [6.45, 7) is -0.540. The second-order valence-corrected chi connectivity index (χ2v) is 7.06. The topological polar surface area (TPSA) is 124 Å². The monoisotopic (exact) mass is 432 g/mol. The van der Waals surface area contributed by atoms with Gasteiger partial charge in [0.1, 0.15) is 24.2 Å². The number of anilines is 1. The Labute approximate surface area is 183 Å². The highest BCUT2D eigenvalue weighted by molar-refractivity contribution is 6.02. The molecule has 1 aliphatic rings. The molecular weight excluding hydrogens is 412 g/mol. The minimum Gasteiger partial charge on any atom is -0.508 e. The van der Waals surface area contributed by atoms with E-state index < -0.39 is 24.6 Å². The van der Waals surface area contributed by atoms with Gasteiger partial charge in [-0.3, -0.25) is 9.59 Å². The van der Waals surface area contributed by atoms with E-state index in [1.807, 2.05) is 0 Å². The van der Waals surface area contributed by atoms with E-state index in [1.54, 1.807) is 67.8 Å². The number of nitrogens with one attached hydrogen (secondary N) is 1. The second kappa shape index (κ2) is 8.76. The highest BCUT2D eigenvalue weighted by Gasteiger charge is 2.35. The summed E-state index contributed by atoms with van der Waals surface area (Å²) < 4.78 is 5.12. The number of rotatable bonds is 6. The number of aliphatic carboxylic acids is 1. The maximum Gasteiger partial charge on any atom is 0.323 e. The molecule has 0 bridgehead atoms. The molecule has 162 valence electrons. The van der Waals surface area contributed by atoms with E-state index in [0.717, 1.165) is 4.90 Å². The molecule has 0 aromatic heterocycles. The molecule has 32 heavy (non-hydrogen) atoms. The van der Waals surface area contributed by atoms with E-state index in [0.29, 0.717) is 33.9 Å². The van der Waals surface area contributed by atoms with E-state index in [1.165, 1.54) is 6.07 Å². The van der Waals surface area contributed by atoms with Gasteiger partial charge in [0.15, 0.2) is 0 Å². The summed E-state index contributed by atoms with van der Waals surface area (Å²) in [7, 11) is 1.57. The molecule has 0 fully saturated rings. The van der Waals surface area contributed by atoms with Crippen molar-refractivity contribution in [2.75, 3.05) is 19.0 Å². The maximum absolute atomic E-state index is 13.0. The Bertz CT molecular complexity index is 1190. The number of benzene rings is 3. The molecule has 1 atom stereocenters. The zero-order chi connectivity index (χ0) is 22.7. The van der Waals surface area contributed by atoms with Gasteiger partial charge < -0.3 is 25.2 Å². The molecule has 3 aromatic rings. The minimum absolute atomic E-state index is 0.103. The number of carbonyl (C=O) groups excluding carboxylic acids is 1. The minimum atomic E-state index is -1.17. The molecule has 1 unspecified atom stereocenters. The average molecular weight is 432 g/mol. The second-order valence-electron chi connectivity index (χ2n) is 7.06. The van der Waals surface area contributed by atoms with E-state index in [2.05, 4.69) is 15.5 Å². The Morgan fingerprint density at radius 2 is 1.75 bits per heavy atom. The molecule has 0 saturated carbocycles. The van der Waals surface area contributed by atoms with Crippen LogP contribution in [0, 0.1) is 0 Å². The third kappa shape index (κ3) is 4.22. The van der Waals surface area contributed by atoms with Crippen LogP contribution in [0.25, 0.3) is 0 Å². The first-order valence-corrected chi connectivity index (χ1v) is 9.73. The van der Waals surface area contributed by atoms with Crippen LogP contribution in [0.15, 0.2) is 77.0 Å². The fourth-order valence-corrected chi connectivity index (χ4v) is 3.43. The van der Waals surface area contributed by atoms with Crippen molar-refractivity contribution < 1.29 is 24.5 Å². The van der Waals surface area contributed by atoms with Crippen LogP contribution >= 0.6 is 0 Å². The molecule has 0 spiro atoms. The Hall–Kier alpha value is -4.40. The molecule has 9 nitrogen and oxygen atoms in total. The molecule has 1 amide bonds. The predicted molar refractivity (Wildman–Crippen MR) is 117 cm³/mol. The van der Waals surface area contributed by atoms with Crippen molar-refractivity contribution in [2.24, 2.45) is 10.2 Å². The summed E-state index contributed by atoms with van der Waals surface area (Å²) in [5, 5.41) is 31.4. The summed E-state index contributed by atoms with van der Waals surface area (Å²) in [6, 6.07) is 18.4. The fourth-order valence-electron chi connectivity index (χ4n) is 3.43. The molecule has 1 aliphatic heterocycles. The van der Waals surface area contributed by atoms with Gasteiger partial charge in [0, 0.05) is 11.3 Å². The molecule has 9 heteroatoms. The number of carboxylic acids is 1. The van der Waals surface area contributed by atoms with Gasteiger partial charge in [-0.15, -0.1) is 0 Å². The zero-order valence-electron chi connectivity index (χ0n) is 17.1. The van der Waals surface area contributed by atoms with Gasteiger partial charge in [0.05, 0.1) is 24.0 Å². The van der Waals surface area contributed by atoms with Crippen molar-refractivity contribution in [2.45, 2.75) is 6.17 Å². The van der Waals surface area contributed by atoms with Crippen molar-refractivity contribution in [1.29, 1.82) is 0 Å². The van der Waals surface area contributed by atoms with Crippen LogP contribution in [0.3, 0.4) is 0 Å². The first-order valence-electron chi connectivity index (χ1n) is 9.73. The molecule has 0 aliphatic carbocycles. The number of aromatic hydroxyl groups is 1. The van der Waals surface area contributed by atoms with Crippen molar-refractivity contribution in [3.63, 3.8) is 0 Å². The number of amides is 1. The lowest BCUT2D eigenvalue weighted by atomic mass is 10.0. The molecule has 4 rings (SSSR count). The van der Waals surface area contributed by atoms with Crippen molar-refractivity contribution >= 4 is 28.9 Å². The lowest BCUT2D eigenvalue weighted by Crippen LogP contribution is -2.45. The summed E-state index contributed by atoms with van der Waals surface area (Å²) in [6.07, 6.45) is -0.898. The quantitative estimate of drug-likeness (QED) is 0.494. The molecule has 0 radical (unpaired) electrons. The Kier molecular flexibility index (Phi) is 5.71. The number of hydrogen-bond acceptors (Lipinski definition) is 7. The molecular formula is C23H20N4O5. The number of carbonyl (C=O) groups is 2. The van der Waals surface area contributed by atoms with Crippen LogP contribution in [-0.4, -0.2) is 40.6 Å². The number of carboxylic acid groups (broad SMARTS) is 1. The largest absolute Gasteiger partial charge is 0.508 e. The number of ether oxygens (including phenoxy) is 1. The summed E-state index contributed by atoms with van der Waals surface area (Å²) >= 11 is 0. The smallest absolute Gasteiger partial charge is 0.323 e. The number of methoxy groups -OCH3 is 1. The summed E-state index contributed by atoms with van der Waals surface area (Å²) in [5.41, 5.74) is 2.25. The predicted octanol–water partition coefficient (Wildman–Crippen LogP) is 4.47. The number of phenolic OH excluding ortho intramolecular Hbond substituents is 1. The Morgan fingerprint density at radius 1 is 1.06 bits per heavy atom. The van der Waals surface area contributed by atoms with Gasteiger partial charge in [-0.25, -0.2) is 0 Å². The van der Waals surface area contributed by atoms with Crippen LogP contribution in [-0.2, 0) is 4.79 Å². The van der Waals surface area contributed by atoms with E-state index in [9.17, 15) is 19.8 Å². The number of hydrogen-bond donors (Lipinski definition) is 3. The van der Waals surface area contributed by atoms with E-state index in [4.69, 9.17) is 4.74 Å². The third-order valence-corrected chi connectivity index (χ3v) is 4.99. The van der Waals surface area contributed by atoms with Gasteiger partial charge in [-0.1, -0.05) is 12.1 Å². The third-order valence-electron chi connectivity index (χ3n) is 4.99. The van der Waals surface area contributed by atoms with Gasteiger partial charge >= 0.3 is 5.97 Å². The fraction of sp³-hybridized carbons (Fsp3) is 0.130. The SMILES string of the molecule is COc1ccc(N=Nc2ccc(O)c(C3Nc4ccccc4C(=O)N3CC(=O)O)c2)cc1. The molecule has 3 N–H and O–H groups in total. The molecule has 1 heterocycles. The first kappa shape index (κ1) is 20.9. The van der Waals surface area contributed by atoms with Gasteiger partial charge in [0.25, 0.3) is 5.91 Å². The van der Waals surface area contributed by atoms with Gasteiger partial charge in [0.2, 0.25) is 0 Å². The van der Waals surface area contributed by atoms with Gasteiger partial charge in [-0.05, 0) is 54.6 Å². The van der Waals surface area contributed by atoms with Crippen LogP contribution < -0.4 is 10.1 Å². The molecule has 3 aromatic carbocycles. The lowest BCUT2D eigenvalue weighted by molar-refractivity contribution is -0.138. The van der Waals surface area contributed by atoms with Crippen molar-refractivity contribution in [1.82, 2.24) is 4.90 Å². The zero-order valence-corrected chi connectivity index (χ0v) is 17.1. The normalized spacial score (nSPS) is 15.3. The maximum atomic E-state index is 13.0. The lowest BCUT2D eigenvalue weighted by Gasteiger charge is -2.37. The summed E-state index contributed by atoms with van der Waals surface area (Å²) in [4.78, 5) is 25.6. The Morgan fingerprint density at radius 3 is 2.47 bits per heavy atom. The highest BCUT2D eigenvalue weighted by atomic mass is 16.5. The highest BCUT2D eigenvalue weighted by Crippen LogP contribution is 2.38. The number of azo groups is 1. The first-order chi connectivity index (χ1) is 15.5. The summed E-state index contributed by atoms with van der Waals surface area (Å²) in [5.74, 6) is -1.02. The van der Waals surface area contributed by atoms with Crippen LogP contribution in [0.1, 0.15) is 22.1 Å². The van der Waals surface area contributed by atoms with Crippen LogP contribution in [0.2, 0.25) is 0 Å². The van der Waals surface area contributed by atoms with Crippen molar-refractivity contribution in [3.05, 3.63) is 77.9 Å². The average Bonchev–Trinajstić information content (AvgIpc) is 2.80. The van der Waals surface area contributed by atoms with Gasteiger partial charge in [-0.2, -0.15) is 10.2 Å². The Balaban J connectivity index is 1.68.